The Hall–Kier alpha value is -4.56. The van der Waals surface area contributed by atoms with Gasteiger partial charge >= 0.3 is 5.97 Å². The number of esters is 1. The van der Waals surface area contributed by atoms with Crippen LogP contribution in [0, 0.1) is 22.7 Å². The van der Waals surface area contributed by atoms with Gasteiger partial charge in [-0.15, -0.1) is 0 Å². The van der Waals surface area contributed by atoms with E-state index in [1.807, 2.05) is 12.1 Å². The first kappa shape index (κ1) is 21.2. The van der Waals surface area contributed by atoms with Gasteiger partial charge in [-0.3, -0.25) is 9.36 Å². The molecule has 0 amide bonds. The first-order valence-corrected chi connectivity index (χ1v) is 9.27. The highest BCUT2D eigenvalue weighted by Gasteiger charge is 2.22. The SMILES string of the molecule is CCOC(=O)c1ccc(-n2c(N)c(C#N)c(-c3ccc(OC)cc3)c(C#N)c2=O)cc1. The van der Waals surface area contributed by atoms with Crippen molar-refractivity contribution in [3.05, 3.63) is 75.6 Å². The van der Waals surface area contributed by atoms with Crippen molar-refractivity contribution < 1.29 is 14.3 Å². The number of hydrogen-bond donors (Lipinski definition) is 1. The highest BCUT2D eigenvalue weighted by atomic mass is 16.5. The predicted octanol–water partition coefficient (Wildman–Crippen LogP) is 3.02. The molecule has 1 heterocycles. The van der Waals surface area contributed by atoms with Crippen LogP contribution in [-0.2, 0) is 4.74 Å². The number of nitrogens with two attached hydrogens (primary N) is 1. The number of ether oxygens (including phenoxy) is 2. The molecule has 2 N–H and O–H groups in total. The van der Waals surface area contributed by atoms with E-state index in [9.17, 15) is 20.1 Å². The summed E-state index contributed by atoms with van der Waals surface area (Å²) < 4.78 is 11.2. The summed E-state index contributed by atoms with van der Waals surface area (Å²) in [4.78, 5) is 25.0. The number of hydrogen-bond acceptors (Lipinski definition) is 7. The number of carbonyl (C=O) groups excluding carboxylic acids is 1. The van der Waals surface area contributed by atoms with Crippen LogP contribution >= 0.6 is 0 Å². The number of carbonyl (C=O) groups is 1. The standard InChI is InChI=1S/C23H18N4O4/c1-3-31-23(29)15-4-8-16(9-5-15)27-21(26)18(12-24)20(19(13-25)22(27)28)14-6-10-17(30-2)11-7-14/h4-11H,3,26H2,1-2H3. The van der Waals surface area contributed by atoms with Crippen molar-refractivity contribution in [2.45, 2.75) is 6.92 Å². The van der Waals surface area contributed by atoms with Crippen molar-refractivity contribution in [2.75, 3.05) is 19.5 Å². The quantitative estimate of drug-likeness (QED) is 0.635. The maximum Gasteiger partial charge on any atom is 0.338 e. The van der Waals surface area contributed by atoms with Gasteiger partial charge in [0.05, 0.1) is 25.0 Å². The van der Waals surface area contributed by atoms with Crippen molar-refractivity contribution in [1.29, 1.82) is 10.5 Å². The second kappa shape index (κ2) is 8.85. The van der Waals surface area contributed by atoms with Crippen molar-refractivity contribution in [1.82, 2.24) is 4.57 Å². The molecule has 0 fully saturated rings. The van der Waals surface area contributed by atoms with E-state index >= 15 is 0 Å². The van der Waals surface area contributed by atoms with Crippen LogP contribution in [0.15, 0.2) is 53.3 Å². The molecule has 0 spiro atoms. The number of methoxy groups -OCH3 is 1. The summed E-state index contributed by atoms with van der Waals surface area (Å²) in [6.07, 6.45) is 0. The van der Waals surface area contributed by atoms with Gasteiger partial charge < -0.3 is 15.2 Å². The predicted molar refractivity (Wildman–Crippen MR) is 114 cm³/mol. The van der Waals surface area contributed by atoms with E-state index in [0.29, 0.717) is 22.6 Å². The number of rotatable bonds is 5. The lowest BCUT2D eigenvalue weighted by Crippen LogP contribution is -2.26. The molecule has 0 saturated carbocycles. The van der Waals surface area contributed by atoms with E-state index in [-0.39, 0.29) is 29.1 Å². The maximum absolute atomic E-state index is 13.2. The maximum atomic E-state index is 13.2. The molecule has 0 saturated heterocycles. The second-order valence-electron chi connectivity index (χ2n) is 6.37. The van der Waals surface area contributed by atoms with Crippen LogP contribution in [-0.4, -0.2) is 24.3 Å². The molecule has 31 heavy (non-hydrogen) atoms. The summed E-state index contributed by atoms with van der Waals surface area (Å²) in [6, 6.07) is 16.5. The number of aromatic nitrogens is 1. The van der Waals surface area contributed by atoms with Crippen LogP contribution < -0.4 is 16.0 Å². The van der Waals surface area contributed by atoms with Crippen molar-refractivity contribution in [2.24, 2.45) is 0 Å². The Morgan fingerprint density at radius 3 is 2.16 bits per heavy atom. The van der Waals surface area contributed by atoms with E-state index in [1.54, 1.807) is 31.2 Å². The Kier molecular flexibility index (Phi) is 6.04. The smallest absolute Gasteiger partial charge is 0.338 e. The molecular formula is C23H18N4O4. The Morgan fingerprint density at radius 1 is 1.03 bits per heavy atom. The molecule has 0 aliphatic rings. The van der Waals surface area contributed by atoms with E-state index in [1.165, 1.54) is 31.4 Å². The number of benzene rings is 2. The summed E-state index contributed by atoms with van der Waals surface area (Å²) >= 11 is 0. The molecule has 0 atom stereocenters. The largest absolute Gasteiger partial charge is 0.497 e. The van der Waals surface area contributed by atoms with Gasteiger partial charge in [0.1, 0.15) is 34.8 Å². The number of nitrogens with zero attached hydrogens (tertiary/aromatic N) is 3. The summed E-state index contributed by atoms with van der Waals surface area (Å²) in [6.45, 7) is 1.93. The average molecular weight is 414 g/mol. The van der Waals surface area contributed by atoms with Crippen molar-refractivity contribution in [3.8, 4) is 34.7 Å². The lowest BCUT2D eigenvalue weighted by Gasteiger charge is -2.16. The zero-order valence-corrected chi connectivity index (χ0v) is 16.9. The molecule has 0 aliphatic carbocycles. The molecule has 3 aromatic rings. The first-order valence-electron chi connectivity index (χ1n) is 9.27. The molecule has 0 radical (unpaired) electrons. The van der Waals surface area contributed by atoms with Crippen molar-refractivity contribution in [3.63, 3.8) is 0 Å². The van der Waals surface area contributed by atoms with E-state index in [4.69, 9.17) is 15.2 Å². The van der Waals surface area contributed by atoms with Gasteiger partial charge in [0, 0.05) is 5.56 Å². The van der Waals surface area contributed by atoms with Crippen molar-refractivity contribution >= 4 is 11.8 Å². The summed E-state index contributed by atoms with van der Waals surface area (Å²) in [5, 5.41) is 19.5. The Labute approximate surface area is 178 Å². The third-order valence-corrected chi connectivity index (χ3v) is 4.65. The minimum atomic E-state index is -0.672. The third kappa shape index (κ3) is 3.83. The van der Waals surface area contributed by atoms with Crippen LogP contribution in [0.25, 0.3) is 16.8 Å². The van der Waals surface area contributed by atoms with E-state index in [0.717, 1.165) is 4.57 Å². The molecule has 2 aromatic carbocycles. The summed E-state index contributed by atoms with van der Waals surface area (Å²) in [5.74, 6) is -0.0235. The minimum absolute atomic E-state index is 0.00390. The summed E-state index contributed by atoms with van der Waals surface area (Å²) in [5.41, 5.74) is 6.57. The summed E-state index contributed by atoms with van der Waals surface area (Å²) in [7, 11) is 1.52. The number of nitriles is 2. The number of nitrogen functional groups attached to an aromatic ring is 1. The van der Waals surface area contributed by atoms with Gasteiger partial charge in [0.2, 0.25) is 0 Å². The Bertz CT molecular complexity index is 1280. The topological polar surface area (TPSA) is 131 Å². The first-order chi connectivity index (χ1) is 15.0. The van der Waals surface area contributed by atoms with Crippen LogP contribution in [0.4, 0.5) is 5.82 Å². The van der Waals surface area contributed by atoms with Gasteiger partial charge in [-0.05, 0) is 48.9 Å². The fourth-order valence-electron chi connectivity index (χ4n) is 3.17. The van der Waals surface area contributed by atoms with Gasteiger partial charge in [-0.1, -0.05) is 12.1 Å². The lowest BCUT2D eigenvalue weighted by atomic mass is 9.96. The molecule has 8 nitrogen and oxygen atoms in total. The average Bonchev–Trinajstić information content (AvgIpc) is 2.79. The van der Waals surface area contributed by atoms with Crippen LogP contribution in [0.1, 0.15) is 28.4 Å². The second-order valence-corrected chi connectivity index (χ2v) is 6.37. The molecule has 154 valence electrons. The molecule has 1 aromatic heterocycles. The van der Waals surface area contributed by atoms with Gasteiger partial charge in [-0.2, -0.15) is 10.5 Å². The Balaban J connectivity index is 2.23. The molecular weight excluding hydrogens is 396 g/mol. The fourth-order valence-corrected chi connectivity index (χ4v) is 3.17. The highest BCUT2D eigenvalue weighted by molar-refractivity contribution is 5.89. The van der Waals surface area contributed by atoms with E-state index in [2.05, 4.69) is 0 Å². The fraction of sp³-hybridized carbons (Fsp3) is 0.130. The number of pyridine rings is 1. The minimum Gasteiger partial charge on any atom is -0.497 e. The molecule has 0 unspecified atom stereocenters. The Morgan fingerprint density at radius 2 is 1.65 bits per heavy atom. The zero-order chi connectivity index (χ0) is 22.5. The lowest BCUT2D eigenvalue weighted by molar-refractivity contribution is 0.0526. The molecule has 8 heteroatoms. The molecule has 0 aliphatic heterocycles. The van der Waals surface area contributed by atoms with Crippen LogP contribution in [0.3, 0.4) is 0 Å². The third-order valence-electron chi connectivity index (χ3n) is 4.65. The van der Waals surface area contributed by atoms with Gasteiger partial charge in [0.15, 0.2) is 0 Å². The number of anilines is 1. The normalized spacial score (nSPS) is 10.1. The monoisotopic (exact) mass is 414 g/mol. The van der Waals surface area contributed by atoms with Crippen LogP contribution in [0.5, 0.6) is 5.75 Å². The zero-order valence-electron chi connectivity index (χ0n) is 16.9. The van der Waals surface area contributed by atoms with Crippen LogP contribution in [0.2, 0.25) is 0 Å². The van der Waals surface area contributed by atoms with Gasteiger partial charge in [-0.25, -0.2) is 4.79 Å². The highest BCUT2D eigenvalue weighted by Crippen LogP contribution is 2.31. The molecule has 3 rings (SSSR count). The van der Waals surface area contributed by atoms with Gasteiger partial charge in [0.25, 0.3) is 5.56 Å². The molecule has 0 bridgehead atoms. The van der Waals surface area contributed by atoms with E-state index < -0.39 is 11.5 Å².